The highest BCUT2D eigenvalue weighted by Gasteiger charge is 2.17. The number of nitrogens with zero attached hydrogens (tertiary/aromatic N) is 2. The quantitative estimate of drug-likeness (QED) is 0.594. The molecule has 30 heavy (non-hydrogen) atoms. The summed E-state index contributed by atoms with van der Waals surface area (Å²) in [6, 6.07) is 11.9. The fraction of sp³-hybridized carbons (Fsp3) is 0.227. The van der Waals surface area contributed by atoms with Crippen LogP contribution in [0, 0.1) is 6.92 Å². The predicted octanol–water partition coefficient (Wildman–Crippen LogP) is 4.74. The van der Waals surface area contributed by atoms with Gasteiger partial charge in [0.25, 0.3) is 5.56 Å². The van der Waals surface area contributed by atoms with Crippen LogP contribution < -0.4 is 15.6 Å². The Morgan fingerprint density at radius 1 is 1.17 bits per heavy atom. The number of rotatable bonds is 6. The third kappa shape index (κ3) is 4.66. The third-order valence-electron chi connectivity index (χ3n) is 4.66. The molecule has 1 N–H and O–H groups in total. The van der Waals surface area contributed by atoms with Crippen molar-refractivity contribution in [3.8, 4) is 17.1 Å². The third-order valence-corrected chi connectivity index (χ3v) is 5.21. The molecule has 1 aromatic heterocycles. The maximum Gasteiger partial charge on any atom is 0.257 e. The second-order valence-electron chi connectivity index (χ2n) is 6.65. The average Bonchev–Trinajstić information content (AvgIpc) is 2.71. The van der Waals surface area contributed by atoms with E-state index in [1.165, 1.54) is 11.7 Å². The monoisotopic (exact) mass is 445 g/mol. The molecule has 1 heterocycles. The van der Waals surface area contributed by atoms with Crippen LogP contribution >= 0.6 is 23.2 Å². The van der Waals surface area contributed by atoms with Gasteiger partial charge in [-0.05, 0) is 55.8 Å². The Labute approximate surface area is 184 Å². The minimum atomic E-state index is -0.374. The van der Waals surface area contributed by atoms with E-state index in [2.05, 4.69) is 10.3 Å². The molecule has 6 nitrogen and oxygen atoms in total. The van der Waals surface area contributed by atoms with E-state index in [1.807, 2.05) is 6.92 Å². The number of hydrogen-bond acceptors (Lipinski definition) is 4. The summed E-state index contributed by atoms with van der Waals surface area (Å²) in [5, 5.41) is 3.71. The van der Waals surface area contributed by atoms with Crippen LogP contribution in [0.15, 0.2) is 47.3 Å². The van der Waals surface area contributed by atoms with Crippen molar-refractivity contribution in [2.75, 3.05) is 12.4 Å². The van der Waals surface area contributed by atoms with Crippen LogP contribution in [-0.4, -0.2) is 22.6 Å². The molecule has 0 radical (unpaired) electrons. The van der Waals surface area contributed by atoms with Crippen LogP contribution in [-0.2, 0) is 17.8 Å². The lowest BCUT2D eigenvalue weighted by Crippen LogP contribution is -2.32. The van der Waals surface area contributed by atoms with Gasteiger partial charge < -0.3 is 10.1 Å². The van der Waals surface area contributed by atoms with Gasteiger partial charge >= 0.3 is 0 Å². The number of nitrogens with one attached hydrogen (secondary N) is 1. The Kier molecular flexibility index (Phi) is 6.80. The van der Waals surface area contributed by atoms with Crippen molar-refractivity contribution in [3.63, 3.8) is 0 Å². The Balaban J connectivity index is 1.97. The van der Waals surface area contributed by atoms with Crippen LogP contribution in [0.25, 0.3) is 11.4 Å². The van der Waals surface area contributed by atoms with Crippen LogP contribution in [0.3, 0.4) is 0 Å². The summed E-state index contributed by atoms with van der Waals surface area (Å²) in [5.41, 5.74) is 2.18. The SMILES string of the molecule is CCc1c(C)nc(-c2ccc(Cl)cc2)n(CC(=O)Nc2ccc(OC)c(Cl)c2)c1=O. The molecule has 2 aromatic carbocycles. The van der Waals surface area contributed by atoms with Crippen molar-refractivity contribution >= 4 is 34.8 Å². The van der Waals surface area contributed by atoms with Crippen molar-refractivity contribution < 1.29 is 9.53 Å². The number of hydrogen-bond donors (Lipinski definition) is 1. The molecule has 0 bridgehead atoms. The standard InChI is InChI=1S/C22H21Cl2N3O3/c1-4-17-13(2)25-21(14-5-7-15(23)8-6-14)27(22(17)29)12-20(28)26-16-9-10-19(30-3)18(24)11-16/h5-11H,4,12H2,1-3H3,(H,26,28). The number of aromatic nitrogens is 2. The van der Waals surface area contributed by atoms with E-state index in [4.69, 9.17) is 27.9 Å². The van der Waals surface area contributed by atoms with E-state index in [1.54, 1.807) is 49.4 Å². The summed E-state index contributed by atoms with van der Waals surface area (Å²) in [4.78, 5) is 30.4. The highest BCUT2D eigenvalue weighted by Crippen LogP contribution is 2.27. The lowest BCUT2D eigenvalue weighted by Gasteiger charge is -2.16. The van der Waals surface area contributed by atoms with E-state index in [-0.39, 0.29) is 18.0 Å². The molecule has 156 valence electrons. The first-order chi connectivity index (χ1) is 14.3. The van der Waals surface area contributed by atoms with Crippen LogP contribution in [0.2, 0.25) is 10.0 Å². The van der Waals surface area contributed by atoms with Crippen molar-refractivity contribution in [2.24, 2.45) is 0 Å². The Hall–Kier alpha value is -2.83. The summed E-state index contributed by atoms with van der Waals surface area (Å²) in [6.45, 7) is 3.49. The van der Waals surface area contributed by atoms with Gasteiger partial charge in [0, 0.05) is 27.5 Å². The molecule has 0 atom stereocenters. The summed E-state index contributed by atoms with van der Waals surface area (Å²) < 4.78 is 6.50. The average molecular weight is 446 g/mol. The fourth-order valence-electron chi connectivity index (χ4n) is 3.16. The Morgan fingerprint density at radius 3 is 2.47 bits per heavy atom. The zero-order valence-electron chi connectivity index (χ0n) is 16.8. The van der Waals surface area contributed by atoms with Gasteiger partial charge in [-0.1, -0.05) is 30.1 Å². The Bertz CT molecular complexity index is 1140. The maximum absolute atomic E-state index is 13.1. The molecule has 0 fully saturated rings. The molecule has 0 spiro atoms. The lowest BCUT2D eigenvalue weighted by atomic mass is 10.1. The van der Waals surface area contributed by atoms with Gasteiger partial charge in [0.2, 0.25) is 5.91 Å². The first-order valence-electron chi connectivity index (χ1n) is 9.33. The molecular formula is C22H21Cl2N3O3. The van der Waals surface area contributed by atoms with Crippen LogP contribution in [0.1, 0.15) is 18.2 Å². The molecule has 3 rings (SSSR count). The molecular weight excluding hydrogens is 425 g/mol. The molecule has 0 saturated carbocycles. The highest BCUT2D eigenvalue weighted by atomic mass is 35.5. The number of halogens is 2. The second kappa shape index (κ2) is 9.32. The Morgan fingerprint density at radius 2 is 1.87 bits per heavy atom. The van der Waals surface area contributed by atoms with Crippen molar-refractivity contribution in [1.29, 1.82) is 0 Å². The first kappa shape index (κ1) is 21.9. The normalized spacial score (nSPS) is 10.7. The van der Waals surface area contributed by atoms with Gasteiger partial charge in [0.15, 0.2) is 0 Å². The van der Waals surface area contributed by atoms with Crippen molar-refractivity contribution in [2.45, 2.75) is 26.8 Å². The predicted molar refractivity (Wildman–Crippen MR) is 120 cm³/mol. The molecule has 0 aliphatic carbocycles. The summed E-state index contributed by atoms with van der Waals surface area (Å²) >= 11 is 12.1. The smallest absolute Gasteiger partial charge is 0.257 e. The van der Waals surface area contributed by atoms with Gasteiger partial charge in [-0.15, -0.1) is 0 Å². The molecule has 0 saturated heterocycles. The van der Waals surface area contributed by atoms with Gasteiger partial charge in [-0.25, -0.2) is 4.98 Å². The first-order valence-corrected chi connectivity index (χ1v) is 10.1. The molecule has 1 amide bonds. The number of carbonyl (C=O) groups excluding carboxylic acids is 1. The molecule has 0 aliphatic rings. The van der Waals surface area contributed by atoms with Crippen LogP contribution in [0.4, 0.5) is 5.69 Å². The minimum Gasteiger partial charge on any atom is -0.495 e. The van der Waals surface area contributed by atoms with Gasteiger partial charge in [0.1, 0.15) is 18.1 Å². The number of aryl methyl sites for hydroxylation is 1. The summed E-state index contributed by atoms with van der Waals surface area (Å²) in [7, 11) is 1.51. The number of anilines is 1. The topological polar surface area (TPSA) is 73.2 Å². The molecule has 3 aromatic rings. The zero-order valence-corrected chi connectivity index (χ0v) is 18.3. The van der Waals surface area contributed by atoms with Gasteiger partial charge in [0.05, 0.1) is 12.1 Å². The van der Waals surface area contributed by atoms with E-state index in [0.717, 1.165) is 0 Å². The van der Waals surface area contributed by atoms with E-state index < -0.39 is 0 Å². The molecule has 0 unspecified atom stereocenters. The lowest BCUT2D eigenvalue weighted by molar-refractivity contribution is -0.116. The largest absolute Gasteiger partial charge is 0.495 e. The maximum atomic E-state index is 13.1. The number of benzene rings is 2. The highest BCUT2D eigenvalue weighted by molar-refractivity contribution is 6.32. The van der Waals surface area contributed by atoms with E-state index in [9.17, 15) is 9.59 Å². The van der Waals surface area contributed by atoms with E-state index >= 15 is 0 Å². The number of ether oxygens (including phenoxy) is 1. The zero-order chi connectivity index (χ0) is 21.8. The van der Waals surface area contributed by atoms with Crippen molar-refractivity contribution in [3.05, 3.63) is 74.1 Å². The fourth-order valence-corrected chi connectivity index (χ4v) is 3.55. The number of carbonyl (C=O) groups is 1. The van der Waals surface area contributed by atoms with Crippen molar-refractivity contribution in [1.82, 2.24) is 9.55 Å². The summed E-state index contributed by atoms with van der Waals surface area (Å²) in [5.74, 6) is 0.543. The second-order valence-corrected chi connectivity index (χ2v) is 7.49. The van der Waals surface area contributed by atoms with Gasteiger partial charge in [-0.3, -0.25) is 14.2 Å². The van der Waals surface area contributed by atoms with Crippen LogP contribution in [0.5, 0.6) is 5.75 Å². The molecule has 0 aliphatic heterocycles. The minimum absolute atomic E-state index is 0.194. The van der Waals surface area contributed by atoms with Gasteiger partial charge in [-0.2, -0.15) is 0 Å². The number of amides is 1. The molecule has 8 heteroatoms. The summed E-state index contributed by atoms with van der Waals surface area (Å²) in [6.07, 6.45) is 0.522. The number of methoxy groups -OCH3 is 1. The van der Waals surface area contributed by atoms with E-state index in [0.29, 0.717) is 50.5 Å².